The van der Waals surface area contributed by atoms with Gasteiger partial charge in [0.05, 0.1) is 6.10 Å². The molecule has 4 heteroatoms. The van der Waals surface area contributed by atoms with Gasteiger partial charge in [-0.15, -0.1) is 0 Å². The van der Waals surface area contributed by atoms with Gasteiger partial charge in [0.1, 0.15) is 6.17 Å². The van der Waals surface area contributed by atoms with Crippen LogP contribution in [0.1, 0.15) is 366 Å². The summed E-state index contributed by atoms with van der Waals surface area (Å²) < 4.78 is 38.8. The van der Waals surface area contributed by atoms with E-state index in [1.165, 1.54) is 57.8 Å². The lowest BCUT2D eigenvalue weighted by Gasteiger charge is -2.19. The number of hydrogen-bond donors (Lipinski definition) is 1. The molecule has 0 spiro atoms. The van der Waals surface area contributed by atoms with E-state index in [0.29, 0.717) is 23.7 Å². The summed E-state index contributed by atoms with van der Waals surface area (Å²) in [6.45, 7) is 86.0. The summed E-state index contributed by atoms with van der Waals surface area (Å²) in [6, 6.07) is 0. The van der Waals surface area contributed by atoms with E-state index in [9.17, 15) is 18.3 Å². The molecule has 1 nitrogen and oxygen atoms in total. The molecule has 0 saturated heterocycles. The van der Waals surface area contributed by atoms with Crippen LogP contribution < -0.4 is 0 Å². The van der Waals surface area contributed by atoms with Gasteiger partial charge in [0.15, 0.2) is 0 Å². The molecular weight excluding hydrogens is 1010 g/mol. The van der Waals surface area contributed by atoms with Gasteiger partial charge < -0.3 is 5.11 Å². The number of aliphatic hydroxyl groups is 1. The Balaban J connectivity index is -0.000000105. The molecule has 0 aliphatic heterocycles. The van der Waals surface area contributed by atoms with Gasteiger partial charge in [-0.05, 0) is 182 Å². The second-order valence-electron chi connectivity index (χ2n) is 33.6. The molecular formula is C78H171F3O. The van der Waals surface area contributed by atoms with Gasteiger partial charge in [0.2, 0.25) is 5.92 Å². The zero-order valence-corrected chi connectivity index (χ0v) is 65.0. The molecule has 0 aliphatic carbocycles. The van der Waals surface area contributed by atoms with Crippen molar-refractivity contribution < 1.29 is 18.3 Å². The van der Waals surface area contributed by atoms with E-state index < -0.39 is 12.1 Å². The first kappa shape index (κ1) is 101. The molecule has 0 aromatic heterocycles. The molecule has 0 heterocycles. The number of alkyl halides is 3. The molecule has 0 saturated carbocycles. The Labute approximate surface area is 524 Å². The van der Waals surface area contributed by atoms with Gasteiger partial charge in [-0.1, -0.05) is 296 Å². The smallest absolute Gasteiger partial charge is 0.248 e. The van der Waals surface area contributed by atoms with Crippen LogP contribution in [0.5, 0.6) is 0 Å². The summed E-state index contributed by atoms with van der Waals surface area (Å²) in [4.78, 5) is 0. The third-order valence-corrected chi connectivity index (χ3v) is 13.6. The average molecular weight is 1180 g/mol. The molecule has 0 amide bonds. The molecule has 2 unspecified atom stereocenters. The normalized spacial score (nSPS) is 12.6. The summed E-state index contributed by atoms with van der Waals surface area (Å²) in [5, 5.41) is 9.39. The standard InChI is InChI=1S/3C10H22.C9H18F2.C9H19F.C9H20O.3C7H16/c1-8(2)6-10(5)7-9(3)4;2*1-8(2)6-7-10(5)9(3)4;1-7(2)5-9(10,11)6-8(3)4;2*1-7(2)5-9(10)6-8(3)4;3*1-6(2)5-7(3)4/h3*8-10H,6-7H2,1-5H3;7-8H,5-6H2,1-4H3;7-9H,5-6H2,1-4H3;7-10H,5-6H2,1-4H3;3*6-7H,5H2,1-4H3. The Kier molecular flexibility index (Phi) is 78.3. The van der Waals surface area contributed by atoms with Crippen molar-refractivity contribution in [2.75, 3.05) is 0 Å². The van der Waals surface area contributed by atoms with E-state index >= 15 is 0 Å². The van der Waals surface area contributed by atoms with Crippen molar-refractivity contribution in [2.24, 2.45) is 124 Å². The maximum atomic E-state index is 12.9. The fraction of sp³-hybridized carbons (Fsp3) is 1.00. The predicted molar refractivity (Wildman–Crippen MR) is 380 cm³/mol. The van der Waals surface area contributed by atoms with Gasteiger partial charge in [-0.2, -0.15) is 0 Å². The van der Waals surface area contributed by atoms with Crippen molar-refractivity contribution in [1.29, 1.82) is 0 Å². The lowest BCUT2D eigenvalue weighted by molar-refractivity contribution is -0.0373. The van der Waals surface area contributed by atoms with Crippen molar-refractivity contribution in [3.63, 3.8) is 0 Å². The molecule has 510 valence electrons. The molecule has 1 N–H and O–H groups in total. The third-order valence-electron chi connectivity index (χ3n) is 13.6. The highest BCUT2D eigenvalue weighted by Gasteiger charge is 2.30. The van der Waals surface area contributed by atoms with Crippen LogP contribution in [0.25, 0.3) is 0 Å². The van der Waals surface area contributed by atoms with Gasteiger partial charge in [-0.25, -0.2) is 13.2 Å². The van der Waals surface area contributed by atoms with Crippen LogP contribution >= 0.6 is 0 Å². The maximum Gasteiger partial charge on any atom is 0.248 e. The van der Waals surface area contributed by atoms with E-state index in [1.54, 1.807) is 0 Å². The highest BCUT2D eigenvalue weighted by atomic mass is 19.3. The summed E-state index contributed by atoms with van der Waals surface area (Å²) >= 11 is 0. The quantitative estimate of drug-likeness (QED) is 0.0760. The van der Waals surface area contributed by atoms with Crippen LogP contribution in [0.2, 0.25) is 0 Å². The topological polar surface area (TPSA) is 20.2 Å². The molecule has 0 aliphatic rings. The zero-order chi connectivity index (χ0) is 67.4. The molecule has 0 aromatic carbocycles. The van der Waals surface area contributed by atoms with Crippen LogP contribution in [-0.4, -0.2) is 23.3 Å². The van der Waals surface area contributed by atoms with E-state index in [4.69, 9.17) is 0 Å². The van der Waals surface area contributed by atoms with E-state index in [0.717, 1.165) is 114 Å². The molecule has 0 fully saturated rings. The zero-order valence-electron chi connectivity index (χ0n) is 65.0. The molecule has 0 radical (unpaired) electrons. The van der Waals surface area contributed by atoms with Gasteiger partial charge >= 0.3 is 0 Å². The molecule has 0 bridgehead atoms. The monoisotopic (exact) mass is 1180 g/mol. The van der Waals surface area contributed by atoms with E-state index in [-0.39, 0.29) is 30.8 Å². The first-order chi connectivity index (χ1) is 36.8. The summed E-state index contributed by atoms with van der Waals surface area (Å²) in [6.07, 6.45) is 15.1. The van der Waals surface area contributed by atoms with Crippen LogP contribution in [0, 0.1) is 124 Å². The minimum Gasteiger partial charge on any atom is -0.393 e. The first-order valence-electron chi connectivity index (χ1n) is 35.5. The minimum absolute atomic E-state index is 0.0190. The van der Waals surface area contributed by atoms with Gasteiger partial charge in [0.25, 0.3) is 0 Å². The Morgan fingerprint density at radius 1 is 0.244 bits per heavy atom. The fourth-order valence-electron chi connectivity index (χ4n) is 9.97. The van der Waals surface area contributed by atoms with Crippen LogP contribution in [-0.2, 0) is 0 Å². The molecule has 0 rings (SSSR count). The largest absolute Gasteiger partial charge is 0.393 e. The van der Waals surface area contributed by atoms with Crippen molar-refractivity contribution >= 4 is 0 Å². The highest BCUT2D eigenvalue weighted by Crippen LogP contribution is 2.30. The Bertz CT molecular complexity index is 987. The summed E-state index contributed by atoms with van der Waals surface area (Å²) in [5.74, 6) is 13.1. The van der Waals surface area contributed by atoms with Crippen molar-refractivity contribution in [1.82, 2.24) is 0 Å². The molecule has 2 atom stereocenters. The Morgan fingerprint density at radius 2 is 0.439 bits per heavy atom. The Morgan fingerprint density at radius 3 is 0.573 bits per heavy atom. The molecule has 82 heavy (non-hydrogen) atoms. The maximum absolute atomic E-state index is 12.9. The minimum atomic E-state index is -2.46. The average Bonchev–Trinajstić information content (AvgIpc) is 3.19. The van der Waals surface area contributed by atoms with Crippen LogP contribution in [0.3, 0.4) is 0 Å². The van der Waals surface area contributed by atoms with Crippen LogP contribution in [0.4, 0.5) is 13.2 Å². The van der Waals surface area contributed by atoms with Gasteiger partial charge in [0, 0.05) is 12.8 Å². The second kappa shape index (κ2) is 63.8. The predicted octanol–water partition coefficient (Wildman–Crippen LogP) is 28.8. The number of rotatable bonds is 30. The van der Waals surface area contributed by atoms with Crippen molar-refractivity contribution in [3.8, 4) is 0 Å². The van der Waals surface area contributed by atoms with Crippen molar-refractivity contribution in [2.45, 2.75) is 385 Å². The Hall–Kier alpha value is -0.250. The third kappa shape index (κ3) is 122. The van der Waals surface area contributed by atoms with Crippen molar-refractivity contribution in [3.05, 3.63) is 0 Å². The lowest BCUT2D eigenvalue weighted by Crippen LogP contribution is -2.20. The molecule has 0 aromatic rings. The van der Waals surface area contributed by atoms with Gasteiger partial charge in [-0.3, -0.25) is 0 Å². The highest BCUT2D eigenvalue weighted by molar-refractivity contribution is 4.70. The number of halogens is 3. The first-order valence-corrected chi connectivity index (χ1v) is 35.5. The van der Waals surface area contributed by atoms with E-state index in [1.807, 2.05) is 27.7 Å². The number of hydrogen-bond acceptors (Lipinski definition) is 1. The summed E-state index contributed by atoms with van der Waals surface area (Å²) in [7, 11) is 0. The lowest BCUT2D eigenvalue weighted by atomic mass is 9.91. The van der Waals surface area contributed by atoms with Crippen LogP contribution in [0.15, 0.2) is 0 Å². The number of aliphatic hydroxyl groups excluding tert-OH is 1. The SMILES string of the molecule is CC(C)CC(C)C.CC(C)CC(C)C.CC(C)CC(C)C.CC(C)CC(C)CC(C)C.CC(C)CC(F)(F)CC(C)C.CC(C)CC(F)CC(C)C.CC(C)CC(O)CC(C)C.CC(C)CCC(C)C(C)C.CC(C)CCC(C)C(C)C. The fourth-order valence-corrected chi connectivity index (χ4v) is 9.97. The second-order valence-corrected chi connectivity index (χ2v) is 33.6. The summed E-state index contributed by atoms with van der Waals surface area (Å²) in [5.41, 5.74) is 0. The van der Waals surface area contributed by atoms with E-state index in [2.05, 4.69) is 242 Å².